The molecule has 92 valence electrons. The highest BCUT2D eigenvalue weighted by molar-refractivity contribution is 6.30. The summed E-state index contributed by atoms with van der Waals surface area (Å²) in [5.41, 5.74) is 7.85. The summed E-state index contributed by atoms with van der Waals surface area (Å²) >= 11 is 5.88. The Morgan fingerprint density at radius 2 is 2.18 bits per heavy atom. The van der Waals surface area contributed by atoms with Gasteiger partial charge in [0.05, 0.1) is 0 Å². The second-order valence-electron chi connectivity index (χ2n) is 4.65. The van der Waals surface area contributed by atoms with Gasteiger partial charge in [0, 0.05) is 11.1 Å². The van der Waals surface area contributed by atoms with E-state index < -0.39 is 0 Å². The molecule has 1 aliphatic rings. The molecule has 1 aliphatic carbocycles. The fourth-order valence-electron chi connectivity index (χ4n) is 2.27. The van der Waals surface area contributed by atoms with Crippen LogP contribution in [-0.4, -0.2) is 6.04 Å². The SMILES string of the molecule is NC1C=C(Cc2cc(Cl)ccc2F)CCCC1. The van der Waals surface area contributed by atoms with Crippen LogP contribution in [0.5, 0.6) is 0 Å². The summed E-state index contributed by atoms with van der Waals surface area (Å²) in [6.07, 6.45) is 7.05. The van der Waals surface area contributed by atoms with Gasteiger partial charge in [0.15, 0.2) is 0 Å². The quantitative estimate of drug-likeness (QED) is 0.796. The van der Waals surface area contributed by atoms with Crippen LogP contribution in [0.15, 0.2) is 29.8 Å². The van der Waals surface area contributed by atoms with E-state index in [9.17, 15) is 4.39 Å². The first kappa shape index (κ1) is 12.6. The minimum Gasteiger partial charge on any atom is -0.324 e. The Balaban J connectivity index is 2.16. The average molecular weight is 254 g/mol. The minimum absolute atomic E-state index is 0.120. The van der Waals surface area contributed by atoms with E-state index in [0.717, 1.165) is 25.7 Å². The van der Waals surface area contributed by atoms with Crippen LogP contribution < -0.4 is 5.73 Å². The number of halogens is 2. The van der Waals surface area contributed by atoms with Gasteiger partial charge in [0.25, 0.3) is 0 Å². The molecule has 0 fully saturated rings. The van der Waals surface area contributed by atoms with E-state index in [1.165, 1.54) is 11.6 Å². The van der Waals surface area contributed by atoms with E-state index in [1.54, 1.807) is 12.1 Å². The van der Waals surface area contributed by atoms with Crippen molar-refractivity contribution in [1.29, 1.82) is 0 Å². The highest BCUT2D eigenvalue weighted by atomic mass is 35.5. The molecule has 0 saturated carbocycles. The smallest absolute Gasteiger partial charge is 0.126 e. The Kier molecular flexibility index (Phi) is 4.19. The molecule has 1 aromatic carbocycles. The summed E-state index contributed by atoms with van der Waals surface area (Å²) in [6, 6.07) is 4.83. The first-order chi connectivity index (χ1) is 8.15. The lowest BCUT2D eigenvalue weighted by atomic mass is 10.0. The van der Waals surface area contributed by atoms with Crippen LogP contribution in [0.4, 0.5) is 4.39 Å². The van der Waals surface area contributed by atoms with Crippen LogP contribution in [0.25, 0.3) is 0 Å². The zero-order chi connectivity index (χ0) is 12.3. The maximum Gasteiger partial charge on any atom is 0.126 e. The molecule has 1 aromatic rings. The summed E-state index contributed by atoms with van der Waals surface area (Å²) in [5, 5.41) is 0.583. The molecule has 0 saturated heterocycles. The second kappa shape index (κ2) is 5.65. The Morgan fingerprint density at radius 1 is 1.35 bits per heavy atom. The lowest BCUT2D eigenvalue weighted by molar-refractivity contribution is 0.611. The van der Waals surface area contributed by atoms with Crippen molar-refractivity contribution in [2.45, 2.75) is 38.1 Å². The van der Waals surface area contributed by atoms with Crippen molar-refractivity contribution in [3.8, 4) is 0 Å². The molecule has 3 heteroatoms. The monoisotopic (exact) mass is 253 g/mol. The second-order valence-corrected chi connectivity index (χ2v) is 5.08. The van der Waals surface area contributed by atoms with Gasteiger partial charge in [-0.15, -0.1) is 0 Å². The normalized spacial score (nSPS) is 20.9. The summed E-state index contributed by atoms with van der Waals surface area (Å²) in [6.45, 7) is 0. The molecule has 1 atom stereocenters. The number of rotatable bonds is 2. The first-order valence-electron chi connectivity index (χ1n) is 6.04. The molecule has 0 aliphatic heterocycles. The number of allylic oxidation sites excluding steroid dienone is 1. The van der Waals surface area contributed by atoms with E-state index in [2.05, 4.69) is 6.08 Å². The van der Waals surface area contributed by atoms with Gasteiger partial charge in [0.2, 0.25) is 0 Å². The first-order valence-corrected chi connectivity index (χ1v) is 6.42. The van der Waals surface area contributed by atoms with Crippen LogP contribution in [0.3, 0.4) is 0 Å². The highest BCUT2D eigenvalue weighted by Crippen LogP contribution is 2.23. The third-order valence-electron chi connectivity index (χ3n) is 3.16. The molecule has 0 spiro atoms. The van der Waals surface area contributed by atoms with Gasteiger partial charge in [-0.1, -0.05) is 29.7 Å². The predicted molar refractivity (Wildman–Crippen MR) is 69.6 cm³/mol. The molecule has 0 aromatic heterocycles. The summed E-state index contributed by atoms with van der Waals surface area (Å²) in [7, 11) is 0. The van der Waals surface area contributed by atoms with Crippen LogP contribution in [0.2, 0.25) is 5.02 Å². The van der Waals surface area contributed by atoms with Gasteiger partial charge in [0.1, 0.15) is 5.82 Å². The Bertz CT molecular complexity index is 428. The van der Waals surface area contributed by atoms with Crippen molar-refractivity contribution in [2.24, 2.45) is 5.73 Å². The molecule has 17 heavy (non-hydrogen) atoms. The summed E-state index contributed by atoms with van der Waals surface area (Å²) in [5.74, 6) is -0.187. The van der Waals surface area contributed by atoms with Crippen molar-refractivity contribution in [3.05, 3.63) is 46.3 Å². The van der Waals surface area contributed by atoms with Crippen molar-refractivity contribution in [3.63, 3.8) is 0 Å². The Labute approximate surface area is 106 Å². The van der Waals surface area contributed by atoms with E-state index in [1.807, 2.05) is 0 Å². The van der Waals surface area contributed by atoms with Crippen molar-refractivity contribution in [1.82, 2.24) is 0 Å². The lowest BCUT2D eigenvalue weighted by Crippen LogP contribution is -2.16. The van der Waals surface area contributed by atoms with Crippen LogP contribution >= 0.6 is 11.6 Å². The number of hydrogen-bond acceptors (Lipinski definition) is 1. The lowest BCUT2D eigenvalue weighted by Gasteiger charge is -2.08. The molecule has 0 bridgehead atoms. The molecule has 1 unspecified atom stereocenters. The fraction of sp³-hybridized carbons (Fsp3) is 0.429. The average Bonchev–Trinajstić information content (AvgIpc) is 2.48. The van der Waals surface area contributed by atoms with E-state index in [-0.39, 0.29) is 11.9 Å². The predicted octanol–water partition coefficient (Wildman–Crippen LogP) is 3.85. The maximum atomic E-state index is 13.6. The topological polar surface area (TPSA) is 26.0 Å². The van der Waals surface area contributed by atoms with Gasteiger partial charge in [-0.25, -0.2) is 4.39 Å². The molecule has 2 rings (SSSR count). The van der Waals surface area contributed by atoms with Crippen molar-refractivity contribution in [2.75, 3.05) is 0 Å². The van der Waals surface area contributed by atoms with Crippen LogP contribution in [0.1, 0.15) is 31.2 Å². The van der Waals surface area contributed by atoms with Crippen molar-refractivity contribution < 1.29 is 4.39 Å². The molecule has 0 amide bonds. The zero-order valence-corrected chi connectivity index (χ0v) is 10.5. The van der Waals surface area contributed by atoms with E-state index in [0.29, 0.717) is 17.0 Å². The van der Waals surface area contributed by atoms with E-state index >= 15 is 0 Å². The third-order valence-corrected chi connectivity index (χ3v) is 3.40. The number of benzene rings is 1. The van der Waals surface area contributed by atoms with Gasteiger partial charge in [-0.2, -0.15) is 0 Å². The Morgan fingerprint density at radius 3 is 3.00 bits per heavy atom. The summed E-state index contributed by atoms with van der Waals surface area (Å²) in [4.78, 5) is 0. The standard InChI is InChI=1S/C14H17ClFN/c15-12-5-6-14(16)11(9-12)7-10-3-1-2-4-13(17)8-10/h5-6,8-9,13H,1-4,7,17H2. The van der Waals surface area contributed by atoms with Crippen molar-refractivity contribution >= 4 is 11.6 Å². The molecule has 0 radical (unpaired) electrons. The van der Waals surface area contributed by atoms with E-state index in [4.69, 9.17) is 17.3 Å². The zero-order valence-electron chi connectivity index (χ0n) is 9.76. The number of nitrogens with two attached hydrogens (primary N) is 1. The maximum absolute atomic E-state index is 13.6. The molecular weight excluding hydrogens is 237 g/mol. The Hall–Kier alpha value is -0.860. The largest absolute Gasteiger partial charge is 0.324 e. The highest BCUT2D eigenvalue weighted by Gasteiger charge is 2.11. The number of hydrogen-bond donors (Lipinski definition) is 1. The molecule has 2 N–H and O–H groups in total. The summed E-state index contributed by atoms with van der Waals surface area (Å²) < 4.78 is 13.6. The van der Waals surface area contributed by atoms with Gasteiger partial charge in [-0.05, 0) is 49.4 Å². The van der Waals surface area contributed by atoms with Gasteiger partial charge in [-0.3, -0.25) is 0 Å². The van der Waals surface area contributed by atoms with Crippen LogP contribution in [-0.2, 0) is 6.42 Å². The molecule has 1 nitrogen and oxygen atoms in total. The third kappa shape index (κ3) is 3.55. The van der Waals surface area contributed by atoms with Crippen LogP contribution in [0, 0.1) is 5.82 Å². The fourth-order valence-corrected chi connectivity index (χ4v) is 2.47. The minimum atomic E-state index is -0.187. The van der Waals surface area contributed by atoms with Gasteiger partial charge >= 0.3 is 0 Å². The molecule has 0 heterocycles. The molecular formula is C14H17ClFN. The van der Waals surface area contributed by atoms with Gasteiger partial charge < -0.3 is 5.73 Å².